The first-order valence-corrected chi connectivity index (χ1v) is 4.78. The van der Waals surface area contributed by atoms with Crippen LogP contribution in [0.3, 0.4) is 0 Å². The number of esters is 2. The fourth-order valence-electron chi connectivity index (χ4n) is 1.41. The van der Waals surface area contributed by atoms with Crippen LogP contribution in [0.15, 0.2) is 24.0 Å². The molecule has 0 N–H and O–H groups in total. The van der Waals surface area contributed by atoms with Gasteiger partial charge in [-0.25, -0.2) is 4.79 Å². The fourth-order valence-corrected chi connectivity index (χ4v) is 1.41. The van der Waals surface area contributed by atoms with Crippen molar-refractivity contribution in [1.82, 2.24) is 0 Å². The molecule has 1 aliphatic heterocycles. The molecule has 0 aromatic heterocycles. The summed E-state index contributed by atoms with van der Waals surface area (Å²) >= 11 is 0. The largest absolute Gasteiger partial charge is 0.489 e. The van der Waals surface area contributed by atoms with Crippen molar-refractivity contribution in [3.63, 3.8) is 0 Å². The molecule has 0 aliphatic carbocycles. The first-order chi connectivity index (χ1) is 7.62. The Balaban J connectivity index is 2.84. The van der Waals surface area contributed by atoms with Crippen LogP contribution in [0.4, 0.5) is 0 Å². The number of carbonyl (C=O) groups is 2. The topological polar surface area (TPSA) is 61.8 Å². The van der Waals surface area contributed by atoms with Crippen LogP contribution in [0, 0.1) is 0 Å². The third-order valence-corrected chi connectivity index (χ3v) is 2.26. The molecule has 0 fully saturated rings. The summed E-state index contributed by atoms with van der Waals surface area (Å²) in [4.78, 5) is 22.5. The van der Waals surface area contributed by atoms with E-state index in [1.807, 2.05) is 0 Å². The van der Waals surface area contributed by atoms with E-state index in [-0.39, 0.29) is 12.5 Å². The van der Waals surface area contributed by atoms with Crippen LogP contribution in [0.25, 0.3) is 0 Å². The van der Waals surface area contributed by atoms with Gasteiger partial charge in [0.2, 0.25) is 0 Å². The first-order valence-electron chi connectivity index (χ1n) is 4.78. The molecule has 1 atom stereocenters. The Hall–Kier alpha value is -1.78. The highest BCUT2D eigenvalue weighted by atomic mass is 16.5. The maximum Gasteiger partial charge on any atom is 0.337 e. The van der Waals surface area contributed by atoms with Crippen molar-refractivity contribution in [2.24, 2.45) is 0 Å². The van der Waals surface area contributed by atoms with Crippen molar-refractivity contribution < 1.29 is 23.8 Å². The molecule has 0 aromatic rings. The summed E-state index contributed by atoms with van der Waals surface area (Å²) in [5.41, 5.74) is 0.373. The summed E-state index contributed by atoms with van der Waals surface area (Å²) in [6.45, 7) is 3.58. The Labute approximate surface area is 93.7 Å². The third-order valence-electron chi connectivity index (χ3n) is 2.26. The van der Waals surface area contributed by atoms with E-state index in [1.54, 1.807) is 6.08 Å². The highest BCUT2D eigenvalue weighted by Crippen LogP contribution is 2.28. The lowest BCUT2D eigenvalue weighted by Crippen LogP contribution is -2.08. The van der Waals surface area contributed by atoms with Gasteiger partial charge in [0.25, 0.3) is 0 Å². The summed E-state index contributed by atoms with van der Waals surface area (Å²) in [6.07, 6.45) is 1.61. The van der Waals surface area contributed by atoms with Gasteiger partial charge >= 0.3 is 11.9 Å². The monoisotopic (exact) mass is 226 g/mol. The highest BCUT2D eigenvalue weighted by Gasteiger charge is 2.30. The van der Waals surface area contributed by atoms with Crippen LogP contribution in [0.5, 0.6) is 0 Å². The molecule has 1 heterocycles. The standard InChI is InChI=1S/C11H14O5/c1-4-7-5-8(11(13)15-3)9(16-7)6-10(12)14-2/h4,7H,1,5-6H2,2-3H3. The summed E-state index contributed by atoms with van der Waals surface area (Å²) in [5.74, 6) is -0.632. The minimum absolute atomic E-state index is 0.0642. The fraction of sp³-hybridized carbons (Fsp3) is 0.455. The Morgan fingerprint density at radius 1 is 1.50 bits per heavy atom. The Bertz CT molecular complexity index is 342. The minimum atomic E-state index is -0.483. The lowest BCUT2D eigenvalue weighted by atomic mass is 10.1. The molecule has 5 nitrogen and oxygen atoms in total. The first kappa shape index (κ1) is 12.3. The van der Waals surface area contributed by atoms with Crippen molar-refractivity contribution in [2.75, 3.05) is 14.2 Å². The molecule has 1 rings (SSSR count). The van der Waals surface area contributed by atoms with E-state index in [4.69, 9.17) is 4.74 Å². The lowest BCUT2D eigenvalue weighted by Gasteiger charge is -2.07. The molecule has 1 unspecified atom stereocenters. The van der Waals surface area contributed by atoms with Gasteiger partial charge in [-0.1, -0.05) is 12.7 Å². The Morgan fingerprint density at radius 3 is 2.69 bits per heavy atom. The van der Waals surface area contributed by atoms with E-state index in [0.29, 0.717) is 17.8 Å². The molecule has 16 heavy (non-hydrogen) atoms. The van der Waals surface area contributed by atoms with Gasteiger partial charge in [-0.3, -0.25) is 4.79 Å². The van der Waals surface area contributed by atoms with Crippen LogP contribution >= 0.6 is 0 Å². The average molecular weight is 226 g/mol. The zero-order valence-corrected chi connectivity index (χ0v) is 9.32. The number of methoxy groups -OCH3 is 2. The lowest BCUT2D eigenvalue weighted by molar-refractivity contribution is -0.140. The molecule has 0 bridgehead atoms. The predicted octanol–water partition coefficient (Wildman–Crippen LogP) is 0.952. The van der Waals surface area contributed by atoms with Gasteiger partial charge < -0.3 is 14.2 Å². The molecule has 0 saturated heterocycles. The molecular formula is C11H14O5. The van der Waals surface area contributed by atoms with Gasteiger partial charge in [0.05, 0.1) is 19.8 Å². The quantitative estimate of drug-likeness (QED) is 0.527. The minimum Gasteiger partial charge on any atom is -0.489 e. The van der Waals surface area contributed by atoms with Crippen molar-refractivity contribution in [2.45, 2.75) is 18.9 Å². The zero-order chi connectivity index (χ0) is 12.1. The maximum atomic E-state index is 11.4. The number of rotatable bonds is 4. The molecule has 0 saturated carbocycles. The zero-order valence-electron chi connectivity index (χ0n) is 9.32. The average Bonchev–Trinajstić information content (AvgIpc) is 2.71. The second-order valence-corrected chi connectivity index (χ2v) is 3.24. The van der Waals surface area contributed by atoms with E-state index in [1.165, 1.54) is 14.2 Å². The van der Waals surface area contributed by atoms with Crippen molar-refractivity contribution >= 4 is 11.9 Å². The maximum absolute atomic E-state index is 11.4. The van der Waals surface area contributed by atoms with Crippen molar-refractivity contribution in [1.29, 1.82) is 0 Å². The van der Waals surface area contributed by atoms with Gasteiger partial charge in [0, 0.05) is 6.42 Å². The number of hydrogen-bond donors (Lipinski definition) is 0. The third kappa shape index (κ3) is 2.62. The Kier molecular flexibility index (Phi) is 4.10. The van der Waals surface area contributed by atoms with Crippen LogP contribution in [-0.2, 0) is 23.8 Å². The smallest absolute Gasteiger partial charge is 0.337 e. The summed E-state index contributed by atoms with van der Waals surface area (Å²) < 4.78 is 14.5. The van der Waals surface area contributed by atoms with Crippen LogP contribution in [-0.4, -0.2) is 32.3 Å². The molecule has 5 heteroatoms. The van der Waals surface area contributed by atoms with Crippen molar-refractivity contribution in [3.8, 4) is 0 Å². The van der Waals surface area contributed by atoms with E-state index >= 15 is 0 Å². The molecule has 0 amide bonds. The second-order valence-electron chi connectivity index (χ2n) is 3.24. The van der Waals surface area contributed by atoms with Crippen LogP contribution in [0.2, 0.25) is 0 Å². The molecule has 0 aromatic carbocycles. The van der Waals surface area contributed by atoms with Gasteiger partial charge in [-0.15, -0.1) is 0 Å². The van der Waals surface area contributed by atoms with E-state index < -0.39 is 11.9 Å². The SMILES string of the molecule is C=CC1CC(C(=O)OC)=C(CC(=O)OC)O1. The van der Waals surface area contributed by atoms with Gasteiger partial charge in [-0.05, 0) is 0 Å². The normalized spacial score (nSPS) is 19.0. The molecule has 0 radical (unpaired) electrons. The van der Waals surface area contributed by atoms with E-state index in [2.05, 4.69) is 16.1 Å². The summed E-state index contributed by atoms with van der Waals surface area (Å²) in [7, 11) is 2.56. The summed E-state index contributed by atoms with van der Waals surface area (Å²) in [5, 5.41) is 0. The highest BCUT2D eigenvalue weighted by molar-refractivity contribution is 5.90. The van der Waals surface area contributed by atoms with Crippen LogP contribution in [0.1, 0.15) is 12.8 Å². The Morgan fingerprint density at radius 2 is 2.19 bits per heavy atom. The number of carbonyl (C=O) groups excluding carboxylic acids is 2. The van der Waals surface area contributed by atoms with E-state index in [0.717, 1.165) is 0 Å². The number of hydrogen-bond acceptors (Lipinski definition) is 5. The molecule has 0 spiro atoms. The second kappa shape index (κ2) is 5.34. The predicted molar refractivity (Wildman–Crippen MR) is 55.4 cm³/mol. The van der Waals surface area contributed by atoms with Crippen LogP contribution < -0.4 is 0 Å². The molecule has 88 valence electrons. The van der Waals surface area contributed by atoms with Gasteiger partial charge in [0.1, 0.15) is 18.3 Å². The van der Waals surface area contributed by atoms with Gasteiger partial charge in [0.15, 0.2) is 0 Å². The molecular weight excluding hydrogens is 212 g/mol. The van der Waals surface area contributed by atoms with Gasteiger partial charge in [-0.2, -0.15) is 0 Å². The number of ether oxygens (including phenoxy) is 3. The van der Waals surface area contributed by atoms with Crippen molar-refractivity contribution in [3.05, 3.63) is 24.0 Å². The van der Waals surface area contributed by atoms with E-state index in [9.17, 15) is 9.59 Å². The summed E-state index contributed by atoms with van der Waals surface area (Å²) in [6, 6.07) is 0. The molecule has 1 aliphatic rings.